The van der Waals surface area contributed by atoms with Crippen molar-refractivity contribution in [2.75, 3.05) is 39.2 Å². The number of likely N-dealkylation sites (tertiary alicyclic amines) is 1. The van der Waals surface area contributed by atoms with Crippen molar-refractivity contribution in [1.29, 1.82) is 0 Å². The van der Waals surface area contributed by atoms with E-state index in [1.54, 1.807) is 17.0 Å². The first-order valence-corrected chi connectivity index (χ1v) is 9.76. The van der Waals surface area contributed by atoms with Gasteiger partial charge in [-0.1, -0.05) is 0 Å². The third-order valence-electron chi connectivity index (χ3n) is 5.42. The van der Waals surface area contributed by atoms with Crippen LogP contribution in [0.15, 0.2) is 12.1 Å². The number of ether oxygens (including phenoxy) is 2. The van der Waals surface area contributed by atoms with Crippen molar-refractivity contribution < 1.29 is 19.1 Å². The fraction of sp³-hybridized carbons (Fsp3) is 0.450. The van der Waals surface area contributed by atoms with Crippen LogP contribution in [0.2, 0.25) is 0 Å². The Kier molecular flexibility index (Phi) is 6.84. The zero-order valence-corrected chi connectivity index (χ0v) is 17.9. The van der Waals surface area contributed by atoms with Crippen LogP contribution in [0.25, 0.3) is 0 Å². The van der Waals surface area contributed by atoms with Crippen LogP contribution in [-0.2, 0) is 13.0 Å². The normalized spacial score (nSPS) is 15.2. The monoisotopic (exact) mass is 435 g/mol. The van der Waals surface area contributed by atoms with Crippen molar-refractivity contribution in [3.05, 3.63) is 34.6 Å². The smallest absolute Gasteiger partial charge is 0.276 e. The Labute approximate surface area is 180 Å². The second kappa shape index (κ2) is 9.36. The number of carbonyl (C=O) groups excluding carboxylic acids is 2. The molecule has 0 radical (unpaired) electrons. The minimum atomic E-state index is -0.367. The maximum Gasteiger partial charge on any atom is 0.276 e. The highest BCUT2D eigenvalue weighted by atomic mass is 35.5. The first kappa shape index (κ1) is 21.9. The molecule has 1 aromatic carbocycles. The number of fused-ring (bicyclic) bond motifs is 1. The van der Waals surface area contributed by atoms with E-state index in [4.69, 9.17) is 9.47 Å². The van der Waals surface area contributed by atoms with Crippen molar-refractivity contribution in [2.45, 2.75) is 25.8 Å². The summed E-state index contributed by atoms with van der Waals surface area (Å²) in [4.78, 5) is 27.9. The number of rotatable bonds is 5. The second-order valence-corrected chi connectivity index (χ2v) is 7.16. The summed E-state index contributed by atoms with van der Waals surface area (Å²) in [6, 6.07) is 3.24. The number of aromatic amines is 1. The molecule has 0 unspecified atom stereocenters. The fourth-order valence-electron chi connectivity index (χ4n) is 3.84. The van der Waals surface area contributed by atoms with Gasteiger partial charge >= 0.3 is 0 Å². The Morgan fingerprint density at radius 2 is 1.83 bits per heavy atom. The molecule has 9 nitrogen and oxygen atoms in total. The third-order valence-corrected chi connectivity index (χ3v) is 5.42. The lowest BCUT2D eigenvalue weighted by Crippen LogP contribution is -2.29. The summed E-state index contributed by atoms with van der Waals surface area (Å²) < 4.78 is 10.7. The Morgan fingerprint density at radius 3 is 2.53 bits per heavy atom. The Morgan fingerprint density at radius 1 is 1.13 bits per heavy atom. The number of carbonyl (C=O) groups is 2. The molecule has 2 aliphatic rings. The molecule has 2 aromatic rings. The fourth-order valence-corrected chi connectivity index (χ4v) is 3.84. The number of H-pyrrole nitrogens is 1. The van der Waals surface area contributed by atoms with Crippen LogP contribution < -0.4 is 20.1 Å². The van der Waals surface area contributed by atoms with E-state index in [-0.39, 0.29) is 24.2 Å². The number of benzene rings is 1. The highest BCUT2D eigenvalue weighted by molar-refractivity contribution is 6.09. The van der Waals surface area contributed by atoms with Gasteiger partial charge in [-0.25, -0.2) is 0 Å². The number of methoxy groups -OCH3 is 2. The molecule has 0 saturated carbocycles. The molecule has 2 aliphatic heterocycles. The van der Waals surface area contributed by atoms with E-state index in [0.717, 1.165) is 37.1 Å². The van der Waals surface area contributed by atoms with E-state index < -0.39 is 0 Å². The van der Waals surface area contributed by atoms with Gasteiger partial charge in [0.15, 0.2) is 17.2 Å². The van der Waals surface area contributed by atoms with E-state index in [9.17, 15) is 9.59 Å². The number of hydrogen-bond donors (Lipinski definition) is 3. The maximum atomic E-state index is 13.1. The van der Waals surface area contributed by atoms with Crippen molar-refractivity contribution in [3.63, 3.8) is 0 Å². The van der Waals surface area contributed by atoms with Crippen LogP contribution in [0.5, 0.6) is 11.5 Å². The average Bonchev–Trinajstić information content (AvgIpc) is 3.43. The van der Waals surface area contributed by atoms with Crippen LogP contribution in [0.3, 0.4) is 0 Å². The van der Waals surface area contributed by atoms with Crippen LogP contribution in [-0.4, -0.2) is 60.8 Å². The lowest BCUT2D eigenvalue weighted by atomic mass is 10.1. The molecule has 162 valence electrons. The largest absolute Gasteiger partial charge is 0.493 e. The van der Waals surface area contributed by atoms with Gasteiger partial charge < -0.3 is 25.0 Å². The molecule has 10 heteroatoms. The maximum absolute atomic E-state index is 13.1. The number of hydrogen-bond acceptors (Lipinski definition) is 6. The minimum absolute atomic E-state index is 0. The van der Waals surface area contributed by atoms with E-state index >= 15 is 0 Å². The van der Waals surface area contributed by atoms with Gasteiger partial charge in [0.25, 0.3) is 11.8 Å². The lowest BCUT2D eigenvalue weighted by molar-refractivity contribution is 0.0793. The summed E-state index contributed by atoms with van der Waals surface area (Å²) in [6.07, 6.45) is 2.75. The number of amides is 2. The van der Waals surface area contributed by atoms with Crippen molar-refractivity contribution in [3.8, 4) is 11.5 Å². The second-order valence-electron chi connectivity index (χ2n) is 7.16. The molecule has 0 bridgehead atoms. The van der Waals surface area contributed by atoms with Crippen LogP contribution in [0, 0.1) is 0 Å². The summed E-state index contributed by atoms with van der Waals surface area (Å²) in [5, 5.41) is 13.2. The molecule has 1 fully saturated rings. The number of halogens is 1. The predicted molar refractivity (Wildman–Crippen MR) is 114 cm³/mol. The summed E-state index contributed by atoms with van der Waals surface area (Å²) in [6.45, 7) is 2.85. The van der Waals surface area contributed by atoms with Crippen molar-refractivity contribution in [2.24, 2.45) is 0 Å². The van der Waals surface area contributed by atoms with Gasteiger partial charge in [0.05, 0.1) is 25.5 Å². The quantitative estimate of drug-likeness (QED) is 0.662. The van der Waals surface area contributed by atoms with E-state index in [1.165, 1.54) is 14.2 Å². The summed E-state index contributed by atoms with van der Waals surface area (Å²) in [7, 11) is 3.03. The lowest BCUT2D eigenvalue weighted by Gasteiger charge is -2.20. The highest BCUT2D eigenvalue weighted by Crippen LogP contribution is 2.35. The Hall–Kier alpha value is -2.78. The van der Waals surface area contributed by atoms with E-state index in [1.807, 2.05) is 0 Å². The van der Waals surface area contributed by atoms with Crippen LogP contribution in [0.1, 0.15) is 44.9 Å². The molecular formula is C20H26ClN5O4. The number of aromatic nitrogens is 2. The molecule has 3 N–H and O–H groups in total. The van der Waals surface area contributed by atoms with Gasteiger partial charge in [-0.3, -0.25) is 14.7 Å². The molecule has 3 heterocycles. The van der Waals surface area contributed by atoms with Gasteiger partial charge in [0, 0.05) is 49.9 Å². The molecule has 0 atom stereocenters. The Bertz CT molecular complexity index is 940. The molecule has 1 saturated heterocycles. The number of anilines is 1. The summed E-state index contributed by atoms with van der Waals surface area (Å²) in [5.74, 6) is 0.374. The van der Waals surface area contributed by atoms with Crippen LogP contribution >= 0.6 is 12.4 Å². The Balaban J connectivity index is 0.00000256. The average molecular weight is 436 g/mol. The number of nitrogens with one attached hydrogen (secondary N) is 3. The first-order valence-electron chi connectivity index (χ1n) is 9.76. The molecule has 0 aliphatic carbocycles. The van der Waals surface area contributed by atoms with Gasteiger partial charge in [0.1, 0.15) is 0 Å². The SMILES string of the molecule is COc1cc(NC(=O)c2n[nH]c3c2CNCC3)c(C(=O)N2CCCC2)cc1OC.Cl. The zero-order valence-electron chi connectivity index (χ0n) is 17.0. The summed E-state index contributed by atoms with van der Waals surface area (Å²) in [5.41, 5.74) is 2.92. The van der Waals surface area contributed by atoms with Gasteiger partial charge in [0.2, 0.25) is 0 Å². The molecule has 30 heavy (non-hydrogen) atoms. The molecule has 2 amide bonds. The van der Waals surface area contributed by atoms with E-state index in [0.29, 0.717) is 48.1 Å². The molecular weight excluding hydrogens is 410 g/mol. The van der Waals surface area contributed by atoms with Gasteiger partial charge in [-0.05, 0) is 18.9 Å². The minimum Gasteiger partial charge on any atom is -0.493 e. The molecule has 0 spiro atoms. The van der Waals surface area contributed by atoms with Crippen molar-refractivity contribution >= 4 is 29.9 Å². The standard InChI is InChI=1S/C20H25N5O4.ClH/c1-28-16-9-12(20(27)25-7-3-4-8-25)15(10-17(16)29-2)22-19(26)18-13-11-21-6-5-14(13)23-24-18;/h9-10,21H,3-8,11H2,1-2H3,(H,22,26)(H,23,24);1H. The molecule has 1 aromatic heterocycles. The van der Waals surface area contributed by atoms with Gasteiger partial charge in [-0.2, -0.15) is 5.10 Å². The third kappa shape index (κ3) is 4.08. The van der Waals surface area contributed by atoms with Crippen LogP contribution in [0.4, 0.5) is 5.69 Å². The van der Waals surface area contributed by atoms with E-state index in [2.05, 4.69) is 20.8 Å². The zero-order chi connectivity index (χ0) is 20.4. The predicted octanol–water partition coefficient (Wildman–Crippen LogP) is 1.98. The first-order chi connectivity index (χ1) is 14.1. The summed E-state index contributed by atoms with van der Waals surface area (Å²) >= 11 is 0. The highest BCUT2D eigenvalue weighted by Gasteiger charge is 2.27. The topological polar surface area (TPSA) is 109 Å². The van der Waals surface area contributed by atoms with Crippen molar-refractivity contribution in [1.82, 2.24) is 20.4 Å². The molecule has 4 rings (SSSR count). The van der Waals surface area contributed by atoms with Gasteiger partial charge in [-0.15, -0.1) is 12.4 Å². The number of nitrogens with zero attached hydrogens (tertiary/aromatic N) is 2.